The summed E-state index contributed by atoms with van der Waals surface area (Å²) in [6.07, 6.45) is 6.41. The van der Waals surface area contributed by atoms with Gasteiger partial charge in [-0.25, -0.2) is 0 Å². The standard InChI is InChI=1S/C13H27N3/c1-2-15-9-11-16(12-10-15)8-7-13(14)5-3-4-6-13/h2-12,14H2,1H3. The molecule has 0 atom stereocenters. The Labute approximate surface area is 100.0 Å². The molecule has 2 N–H and O–H groups in total. The van der Waals surface area contributed by atoms with Crippen molar-refractivity contribution in [3.8, 4) is 0 Å². The first-order valence-electron chi connectivity index (χ1n) is 6.95. The number of nitrogens with two attached hydrogens (primary N) is 1. The van der Waals surface area contributed by atoms with Crippen LogP contribution in [0.1, 0.15) is 39.0 Å². The van der Waals surface area contributed by atoms with Gasteiger partial charge >= 0.3 is 0 Å². The molecule has 0 bridgehead atoms. The molecule has 1 aliphatic heterocycles. The van der Waals surface area contributed by atoms with Gasteiger partial charge in [-0.15, -0.1) is 0 Å². The Bertz CT molecular complexity index is 203. The summed E-state index contributed by atoms with van der Waals surface area (Å²) in [6.45, 7) is 9.64. The molecule has 1 aliphatic carbocycles. The van der Waals surface area contributed by atoms with Crippen molar-refractivity contribution in [2.75, 3.05) is 39.3 Å². The average Bonchev–Trinajstić information content (AvgIpc) is 2.75. The molecule has 2 fully saturated rings. The highest BCUT2D eigenvalue weighted by atomic mass is 15.3. The smallest absolute Gasteiger partial charge is 0.0166 e. The molecule has 0 aromatic heterocycles. The van der Waals surface area contributed by atoms with Crippen LogP contribution < -0.4 is 5.73 Å². The fourth-order valence-corrected chi connectivity index (χ4v) is 3.04. The zero-order valence-corrected chi connectivity index (χ0v) is 10.7. The van der Waals surface area contributed by atoms with Crippen LogP contribution in [-0.2, 0) is 0 Å². The number of nitrogens with zero attached hydrogens (tertiary/aromatic N) is 2. The predicted octanol–water partition coefficient (Wildman–Crippen LogP) is 1.29. The van der Waals surface area contributed by atoms with Crippen molar-refractivity contribution in [1.29, 1.82) is 0 Å². The lowest BCUT2D eigenvalue weighted by molar-refractivity contribution is 0.128. The highest BCUT2D eigenvalue weighted by molar-refractivity contribution is 4.90. The number of hydrogen-bond acceptors (Lipinski definition) is 3. The molecule has 2 rings (SSSR count). The fourth-order valence-electron chi connectivity index (χ4n) is 3.04. The van der Waals surface area contributed by atoms with E-state index in [0.29, 0.717) is 0 Å². The molecule has 3 heteroatoms. The normalized spacial score (nSPS) is 27.4. The van der Waals surface area contributed by atoms with Crippen LogP contribution in [0.3, 0.4) is 0 Å². The molecular formula is C13H27N3. The molecular weight excluding hydrogens is 198 g/mol. The summed E-state index contributed by atoms with van der Waals surface area (Å²) >= 11 is 0. The maximum atomic E-state index is 6.39. The van der Waals surface area contributed by atoms with E-state index < -0.39 is 0 Å². The second kappa shape index (κ2) is 5.48. The van der Waals surface area contributed by atoms with Gasteiger partial charge in [0, 0.05) is 31.7 Å². The number of piperazine rings is 1. The highest BCUT2D eigenvalue weighted by Crippen LogP contribution is 2.30. The van der Waals surface area contributed by atoms with E-state index in [4.69, 9.17) is 5.73 Å². The Morgan fingerprint density at radius 1 is 1.00 bits per heavy atom. The lowest BCUT2D eigenvalue weighted by Crippen LogP contribution is -2.48. The summed E-state index contributed by atoms with van der Waals surface area (Å²) < 4.78 is 0. The zero-order chi connectivity index (χ0) is 11.4. The Morgan fingerprint density at radius 2 is 1.56 bits per heavy atom. The third-order valence-corrected chi connectivity index (χ3v) is 4.44. The summed E-state index contributed by atoms with van der Waals surface area (Å²) in [5.41, 5.74) is 6.58. The van der Waals surface area contributed by atoms with Crippen molar-refractivity contribution in [3.63, 3.8) is 0 Å². The van der Waals surface area contributed by atoms with E-state index in [9.17, 15) is 0 Å². The van der Waals surface area contributed by atoms with E-state index in [1.807, 2.05) is 0 Å². The number of likely N-dealkylation sites (N-methyl/N-ethyl adjacent to an activating group) is 1. The molecule has 1 saturated carbocycles. The molecule has 0 spiro atoms. The molecule has 1 heterocycles. The minimum atomic E-state index is 0.182. The molecule has 3 nitrogen and oxygen atoms in total. The minimum Gasteiger partial charge on any atom is -0.325 e. The second-order valence-electron chi connectivity index (χ2n) is 5.60. The van der Waals surface area contributed by atoms with Crippen LogP contribution in [0.2, 0.25) is 0 Å². The van der Waals surface area contributed by atoms with Crippen molar-refractivity contribution < 1.29 is 0 Å². The van der Waals surface area contributed by atoms with Crippen molar-refractivity contribution in [3.05, 3.63) is 0 Å². The Balaban J connectivity index is 1.67. The van der Waals surface area contributed by atoms with Gasteiger partial charge in [0.15, 0.2) is 0 Å². The molecule has 2 aliphatic rings. The Morgan fingerprint density at radius 3 is 2.12 bits per heavy atom. The summed E-state index contributed by atoms with van der Waals surface area (Å²) in [4.78, 5) is 5.13. The molecule has 94 valence electrons. The Hall–Kier alpha value is -0.120. The van der Waals surface area contributed by atoms with Gasteiger partial charge in [-0.1, -0.05) is 19.8 Å². The van der Waals surface area contributed by atoms with Crippen LogP contribution >= 0.6 is 0 Å². The molecule has 0 aromatic carbocycles. The van der Waals surface area contributed by atoms with Crippen LogP contribution in [0.4, 0.5) is 0 Å². The van der Waals surface area contributed by atoms with Gasteiger partial charge < -0.3 is 15.5 Å². The zero-order valence-electron chi connectivity index (χ0n) is 10.7. The van der Waals surface area contributed by atoms with Gasteiger partial charge in [0.1, 0.15) is 0 Å². The summed E-state index contributed by atoms with van der Waals surface area (Å²) in [6, 6.07) is 0. The van der Waals surface area contributed by atoms with Gasteiger partial charge in [-0.3, -0.25) is 0 Å². The minimum absolute atomic E-state index is 0.182. The van der Waals surface area contributed by atoms with Crippen LogP contribution in [0.5, 0.6) is 0 Å². The predicted molar refractivity (Wildman–Crippen MR) is 68.6 cm³/mol. The van der Waals surface area contributed by atoms with E-state index in [2.05, 4.69) is 16.7 Å². The maximum absolute atomic E-state index is 6.39. The molecule has 0 aromatic rings. The molecule has 1 saturated heterocycles. The van der Waals surface area contributed by atoms with Gasteiger partial charge in [0.2, 0.25) is 0 Å². The molecule has 0 radical (unpaired) electrons. The third kappa shape index (κ3) is 3.19. The summed E-state index contributed by atoms with van der Waals surface area (Å²) in [7, 11) is 0. The van der Waals surface area contributed by atoms with Crippen molar-refractivity contribution >= 4 is 0 Å². The van der Waals surface area contributed by atoms with E-state index in [-0.39, 0.29) is 5.54 Å². The van der Waals surface area contributed by atoms with Crippen LogP contribution in [0, 0.1) is 0 Å². The van der Waals surface area contributed by atoms with Crippen LogP contribution in [0.25, 0.3) is 0 Å². The highest BCUT2D eigenvalue weighted by Gasteiger charge is 2.29. The first kappa shape index (κ1) is 12.3. The number of hydrogen-bond donors (Lipinski definition) is 1. The van der Waals surface area contributed by atoms with Gasteiger partial charge in [-0.2, -0.15) is 0 Å². The first-order valence-corrected chi connectivity index (χ1v) is 6.95. The maximum Gasteiger partial charge on any atom is 0.0166 e. The largest absolute Gasteiger partial charge is 0.325 e. The van der Waals surface area contributed by atoms with Crippen molar-refractivity contribution in [1.82, 2.24) is 9.80 Å². The van der Waals surface area contributed by atoms with E-state index in [0.717, 1.165) is 0 Å². The molecule has 16 heavy (non-hydrogen) atoms. The SMILES string of the molecule is CCN1CCN(CCC2(N)CCCC2)CC1. The van der Waals surface area contributed by atoms with E-state index >= 15 is 0 Å². The topological polar surface area (TPSA) is 32.5 Å². The quantitative estimate of drug-likeness (QED) is 0.782. The van der Waals surface area contributed by atoms with Crippen molar-refractivity contribution in [2.45, 2.75) is 44.6 Å². The number of rotatable bonds is 4. The van der Waals surface area contributed by atoms with E-state index in [1.54, 1.807) is 0 Å². The lowest BCUT2D eigenvalue weighted by Gasteiger charge is -2.35. The van der Waals surface area contributed by atoms with Gasteiger partial charge in [0.05, 0.1) is 0 Å². The van der Waals surface area contributed by atoms with Crippen LogP contribution in [-0.4, -0.2) is 54.6 Å². The molecule has 0 amide bonds. The van der Waals surface area contributed by atoms with Gasteiger partial charge in [0.25, 0.3) is 0 Å². The average molecular weight is 225 g/mol. The third-order valence-electron chi connectivity index (χ3n) is 4.44. The molecule has 0 unspecified atom stereocenters. The monoisotopic (exact) mass is 225 g/mol. The second-order valence-corrected chi connectivity index (χ2v) is 5.60. The lowest BCUT2D eigenvalue weighted by atomic mass is 9.94. The summed E-state index contributed by atoms with van der Waals surface area (Å²) in [5, 5.41) is 0. The van der Waals surface area contributed by atoms with E-state index in [1.165, 1.54) is 71.4 Å². The van der Waals surface area contributed by atoms with Gasteiger partial charge in [-0.05, 0) is 32.4 Å². The first-order chi connectivity index (χ1) is 7.72. The Kier molecular flexibility index (Phi) is 4.22. The summed E-state index contributed by atoms with van der Waals surface area (Å²) in [5.74, 6) is 0. The van der Waals surface area contributed by atoms with Crippen LogP contribution in [0.15, 0.2) is 0 Å². The van der Waals surface area contributed by atoms with Crippen molar-refractivity contribution in [2.24, 2.45) is 5.73 Å². The fraction of sp³-hybridized carbons (Fsp3) is 1.00.